The van der Waals surface area contributed by atoms with E-state index in [9.17, 15) is 4.79 Å². The number of hydrogen-bond donors (Lipinski definition) is 1. The lowest BCUT2D eigenvalue weighted by molar-refractivity contribution is 0.189. The zero-order chi connectivity index (χ0) is 14.2. The van der Waals surface area contributed by atoms with Gasteiger partial charge in [-0.25, -0.2) is 9.78 Å². The number of amides is 2. The number of anilines is 1. The Kier molecular flexibility index (Phi) is 2.87. The Morgan fingerprint density at radius 1 is 1.33 bits per heavy atom. The second kappa shape index (κ2) is 4.87. The van der Waals surface area contributed by atoms with Crippen LogP contribution in [0.15, 0.2) is 18.7 Å². The van der Waals surface area contributed by atoms with Crippen molar-refractivity contribution < 1.29 is 4.79 Å². The first-order valence-corrected chi connectivity index (χ1v) is 7.27. The molecule has 0 aliphatic carbocycles. The van der Waals surface area contributed by atoms with Crippen molar-refractivity contribution in [3.05, 3.63) is 18.7 Å². The van der Waals surface area contributed by atoms with E-state index in [0.717, 1.165) is 50.5 Å². The first-order chi connectivity index (χ1) is 10.3. The standard InChI is InChI=1S/C13H17N7O/c21-13-15-4-7-20(13)10-2-1-5-18(8-10)11-12-17-16-9-19(12)6-3-14-11/h3,6,9-10H,1-2,4-5,7-8H2,(H,15,21). The van der Waals surface area contributed by atoms with E-state index >= 15 is 0 Å². The Hall–Kier alpha value is -2.38. The summed E-state index contributed by atoms with van der Waals surface area (Å²) in [5.74, 6) is 0.847. The van der Waals surface area contributed by atoms with Crippen LogP contribution >= 0.6 is 0 Å². The number of hydrogen-bond acceptors (Lipinski definition) is 5. The van der Waals surface area contributed by atoms with Crippen molar-refractivity contribution in [3.8, 4) is 0 Å². The number of urea groups is 1. The number of carbonyl (C=O) groups excluding carboxylic acids is 1. The third-order valence-electron chi connectivity index (χ3n) is 4.22. The number of aromatic nitrogens is 4. The maximum atomic E-state index is 11.8. The van der Waals surface area contributed by atoms with Crippen LogP contribution in [0.4, 0.5) is 10.6 Å². The fourth-order valence-corrected chi connectivity index (χ4v) is 3.20. The molecule has 0 radical (unpaired) electrons. The molecule has 110 valence electrons. The summed E-state index contributed by atoms with van der Waals surface area (Å²) >= 11 is 0. The van der Waals surface area contributed by atoms with Crippen LogP contribution in [-0.4, -0.2) is 62.7 Å². The van der Waals surface area contributed by atoms with Gasteiger partial charge in [0.05, 0.1) is 6.04 Å². The summed E-state index contributed by atoms with van der Waals surface area (Å²) in [6.07, 6.45) is 7.37. The molecule has 2 amide bonds. The lowest BCUT2D eigenvalue weighted by Gasteiger charge is -2.37. The highest BCUT2D eigenvalue weighted by atomic mass is 16.2. The maximum absolute atomic E-state index is 11.8. The molecule has 2 fully saturated rings. The van der Waals surface area contributed by atoms with Crippen molar-refractivity contribution in [1.82, 2.24) is 29.8 Å². The quantitative estimate of drug-likeness (QED) is 0.848. The van der Waals surface area contributed by atoms with Crippen LogP contribution in [0.5, 0.6) is 0 Å². The number of carbonyl (C=O) groups is 1. The van der Waals surface area contributed by atoms with Gasteiger partial charge in [0.2, 0.25) is 5.65 Å². The van der Waals surface area contributed by atoms with Gasteiger partial charge in [-0.15, -0.1) is 10.2 Å². The van der Waals surface area contributed by atoms with Crippen molar-refractivity contribution in [2.45, 2.75) is 18.9 Å². The van der Waals surface area contributed by atoms with Crippen molar-refractivity contribution >= 4 is 17.5 Å². The highest BCUT2D eigenvalue weighted by Gasteiger charge is 2.32. The molecular weight excluding hydrogens is 270 g/mol. The second-order valence-corrected chi connectivity index (χ2v) is 5.48. The van der Waals surface area contributed by atoms with E-state index in [1.807, 2.05) is 15.5 Å². The van der Waals surface area contributed by atoms with Gasteiger partial charge in [0, 0.05) is 38.6 Å². The average Bonchev–Trinajstić information content (AvgIpc) is 3.15. The van der Waals surface area contributed by atoms with E-state index < -0.39 is 0 Å². The largest absolute Gasteiger partial charge is 0.351 e. The topological polar surface area (TPSA) is 78.7 Å². The molecule has 0 aromatic carbocycles. The van der Waals surface area contributed by atoms with Crippen molar-refractivity contribution in [3.63, 3.8) is 0 Å². The van der Waals surface area contributed by atoms with Crippen molar-refractivity contribution in [1.29, 1.82) is 0 Å². The zero-order valence-corrected chi connectivity index (χ0v) is 11.6. The number of nitrogens with zero attached hydrogens (tertiary/aromatic N) is 6. The highest BCUT2D eigenvalue weighted by molar-refractivity contribution is 5.76. The Bertz CT molecular complexity index is 669. The molecule has 4 rings (SSSR count). The van der Waals surface area contributed by atoms with E-state index in [1.165, 1.54) is 0 Å². The van der Waals surface area contributed by atoms with Crippen molar-refractivity contribution in [2.75, 3.05) is 31.1 Å². The summed E-state index contributed by atoms with van der Waals surface area (Å²) in [7, 11) is 0. The van der Waals surface area contributed by atoms with Crippen LogP contribution in [0.25, 0.3) is 5.65 Å². The molecule has 2 aromatic rings. The van der Waals surface area contributed by atoms with Gasteiger partial charge >= 0.3 is 6.03 Å². The molecule has 1 N–H and O–H groups in total. The summed E-state index contributed by atoms with van der Waals surface area (Å²) in [5, 5.41) is 11.0. The number of nitrogens with one attached hydrogen (secondary N) is 1. The minimum Gasteiger partial charge on any atom is -0.351 e. The van der Waals surface area contributed by atoms with Crippen LogP contribution < -0.4 is 10.2 Å². The van der Waals surface area contributed by atoms with E-state index in [4.69, 9.17) is 0 Å². The molecule has 2 aliphatic rings. The minimum atomic E-state index is 0.0514. The van der Waals surface area contributed by atoms with Gasteiger partial charge in [0.15, 0.2) is 5.82 Å². The summed E-state index contributed by atoms with van der Waals surface area (Å²) in [4.78, 5) is 20.5. The van der Waals surface area contributed by atoms with Crippen LogP contribution in [-0.2, 0) is 0 Å². The molecular formula is C13H17N7O. The highest BCUT2D eigenvalue weighted by Crippen LogP contribution is 2.24. The minimum absolute atomic E-state index is 0.0514. The van der Waals surface area contributed by atoms with Crippen LogP contribution in [0, 0.1) is 0 Å². The SMILES string of the molecule is O=C1NCCN1C1CCCN(c2nccn3cnnc23)C1. The molecule has 21 heavy (non-hydrogen) atoms. The molecule has 2 saturated heterocycles. The zero-order valence-electron chi connectivity index (χ0n) is 11.6. The predicted molar refractivity (Wildman–Crippen MR) is 76.1 cm³/mol. The fourth-order valence-electron chi connectivity index (χ4n) is 3.20. The lowest BCUT2D eigenvalue weighted by atomic mass is 10.0. The summed E-state index contributed by atoms with van der Waals surface area (Å²) in [5.41, 5.74) is 0.768. The lowest BCUT2D eigenvalue weighted by Crippen LogP contribution is -2.49. The van der Waals surface area contributed by atoms with Gasteiger partial charge in [-0.3, -0.25) is 4.40 Å². The number of rotatable bonds is 2. The van der Waals surface area contributed by atoms with E-state index in [-0.39, 0.29) is 12.1 Å². The molecule has 2 aliphatic heterocycles. The molecule has 0 spiro atoms. The van der Waals surface area contributed by atoms with E-state index in [0.29, 0.717) is 0 Å². The van der Waals surface area contributed by atoms with Gasteiger partial charge in [-0.05, 0) is 12.8 Å². The third-order valence-corrected chi connectivity index (χ3v) is 4.22. The van der Waals surface area contributed by atoms with Crippen LogP contribution in [0.1, 0.15) is 12.8 Å². The molecule has 8 heteroatoms. The average molecular weight is 287 g/mol. The smallest absolute Gasteiger partial charge is 0.317 e. The van der Waals surface area contributed by atoms with E-state index in [2.05, 4.69) is 25.4 Å². The molecule has 0 bridgehead atoms. The Morgan fingerprint density at radius 2 is 2.29 bits per heavy atom. The Morgan fingerprint density at radius 3 is 3.14 bits per heavy atom. The number of fused-ring (bicyclic) bond motifs is 1. The normalized spacial score (nSPS) is 22.9. The third kappa shape index (κ3) is 2.07. The summed E-state index contributed by atoms with van der Waals surface area (Å²) in [6.45, 7) is 3.27. The molecule has 8 nitrogen and oxygen atoms in total. The Balaban J connectivity index is 1.60. The number of piperidine rings is 1. The van der Waals surface area contributed by atoms with E-state index in [1.54, 1.807) is 12.5 Å². The van der Waals surface area contributed by atoms with Crippen LogP contribution in [0.3, 0.4) is 0 Å². The van der Waals surface area contributed by atoms with Crippen molar-refractivity contribution in [2.24, 2.45) is 0 Å². The van der Waals surface area contributed by atoms with Gasteiger partial charge in [0.1, 0.15) is 6.33 Å². The van der Waals surface area contributed by atoms with Gasteiger partial charge < -0.3 is 15.1 Å². The van der Waals surface area contributed by atoms with Crippen LogP contribution in [0.2, 0.25) is 0 Å². The van der Waals surface area contributed by atoms with Gasteiger partial charge in [-0.1, -0.05) is 0 Å². The fraction of sp³-hybridized carbons (Fsp3) is 0.538. The first kappa shape index (κ1) is 12.4. The second-order valence-electron chi connectivity index (χ2n) is 5.48. The predicted octanol–water partition coefficient (Wildman–Crippen LogP) is 0.118. The molecule has 1 atom stereocenters. The van der Waals surface area contributed by atoms with Gasteiger partial charge in [-0.2, -0.15) is 0 Å². The monoisotopic (exact) mass is 287 g/mol. The molecule has 1 unspecified atom stereocenters. The molecule has 0 saturated carbocycles. The van der Waals surface area contributed by atoms with Gasteiger partial charge in [0.25, 0.3) is 0 Å². The maximum Gasteiger partial charge on any atom is 0.317 e. The Labute approximate surface area is 121 Å². The first-order valence-electron chi connectivity index (χ1n) is 7.27. The summed E-state index contributed by atoms with van der Waals surface area (Å²) in [6, 6.07) is 0.293. The molecule has 4 heterocycles. The summed E-state index contributed by atoms with van der Waals surface area (Å²) < 4.78 is 1.87. The molecule has 2 aromatic heterocycles.